The van der Waals surface area contributed by atoms with E-state index in [4.69, 9.17) is 15.3 Å². The molecule has 0 unspecified atom stereocenters. The Labute approximate surface area is 161 Å². The summed E-state index contributed by atoms with van der Waals surface area (Å²) in [6, 6.07) is 3.37. The maximum atomic E-state index is 12.5. The molecular weight excluding hydrogens is 379 g/mol. The van der Waals surface area contributed by atoms with Crippen LogP contribution in [0.2, 0.25) is 0 Å². The van der Waals surface area contributed by atoms with Crippen molar-refractivity contribution in [2.75, 3.05) is 0 Å². The van der Waals surface area contributed by atoms with Crippen LogP contribution in [0, 0.1) is 0 Å². The number of ether oxygens (including phenoxy) is 1. The van der Waals surface area contributed by atoms with E-state index in [0.29, 0.717) is 5.56 Å². The molecule has 0 aliphatic carbocycles. The first-order valence-electron chi connectivity index (χ1n) is 8.50. The molecule has 0 radical (unpaired) electrons. The zero-order chi connectivity index (χ0) is 21.5. The molecule has 0 saturated carbocycles. The number of carbonyl (C=O) groups excluding carboxylic acids is 2. The number of halogens is 3. The van der Waals surface area contributed by atoms with Crippen molar-refractivity contribution in [2.45, 2.75) is 58.4 Å². The van der Waals surface area contributed by atoms with Crippen molar-refractivity contribution in [1.29, 1.82) is 0 Å². The Morgan fingerprint density at radius 2 is 1.75 bits per heavy atom. The van der Waals surface area contributed by atoms with Gasteiger partial charge in [0, 0.05) is 6.42 Å². The van der Waals surface area contributed by atoms with Gasteiger partial charge in [-0.25, -0.2) is 9.59 Å². The average Bonchev–Trinajstić information content (AvgIpc) is 2.55. The van der Waals surface area contributed by atoms with Gasteiger partial charge >= 0.3 is 18.2 Å². The first-order chi connectivity index (χ1) is 12.8. The molecule has 28 heavy (non-hydrogen) atoms. The van der Waals surface area contributed by atoms with Crippen molar-refractivity contribution in [3.05, 3.63) is 35.4 Å². The Hall–Kier alpha value is -2.78. The first-order valence-corrected chi connectivity index (χ1v) is 8.50. The summed E-state index contributed by atoms with van der Waals surface area (Å²) in [6.45, 7) is 6.69. The zero-order valence-corrected chi connectivity index (χ0v) is 16.1. The predicted molar refractivity (Wildman–Crippen MR) is 96.3 cm³/mol. The first kappa shape index (κ1) is 23.3. The van der Waals surface area contributed by atoms with Crippen LogP contribution in [0.3, 0.4) is 0 Å². The molecule has 1 amide bonds. The number of nitrogens with one attached hydrogen (secondary N) is 1. The number of oxime groups is 1. The summed E-state index contributed by atoms with van der Waals surface area (Å²) in [5.41, 5.74) is 4.60. The van der Waals surface area contributed by atoms with E-state index in [1.165, 1.54) is 12.1 Å². The lowest BCUT2D eigenvalue weighted by Crippen LogP contribution is -2.43. The monoisotopic (exact) mass is 403 g/mol. The maximum Gasteiger partial charge on any atom is 0.416 e. The molecule has 1 atom stereocenters. The molecule has 1 aromatic rings. The quantitative estimate of drug-likeness (QED) is 0.328. The molecule has 0 fully saturated rings. The number of nitrogens with two attached hydrogens (primary N) is 1. The van der Waals surface area contributed by atoms with Crippen LogP contribution >= 0.6 is 0 Å². The molecule has 3 N–H and O–H groups in total. The fraction of sp³-hybridized carbons (Fsp3) is 0.500. The van der Waals surface area contributed by atoms with Crippen molar-refractivity contribution < 1.29 is 32.3 Å². The second-order valence-electron chi connectivity index (χ2n) is 6.97. The van der Waals surface area contributed by atoms with Crippen molar-refractivity contribution >= 4 is 17.9 Å². The van der Waals surface area contributed by atoms with Gasteiger partial charge in [-0.3, -0.25) is 0 Å². The highest BCUT2D eigenvalue weighted by molar-refractivity contribution is 5.85. The summed E-state index contributed by atoms with van der Waals surface area (Å²) in [7, 11) is 0. The number of hydrogen-bond acceptors (Lipinski definition) is 5. The molecule has 0 spiro atoms. The number of carbonyl (C=O) groups is 2. The molecule has 1 rings (SSSR count). The van der Waals surface area contributed by atoms with E-state index >= 15 is 0 Å². The van der Waals surface area contributed by atoms with Gasteiger partial charge in [0.15, 0.2) is 0 Å². The molecule has 0 aliphatic rings. The molecule has 10 heteroatoms. The Morgan fingerprint density at radius 1 is 1.18 bits per heavy atom. The summed E-state index contributed by atoms with van der Waals surface area (Å²) in [6.07, 6.45) is -4.99. The molecule has 7 nitrogen and oxygen atoms in total. The Morgan fingerprint density at radius 3 is 2.21 bits per heavy atom. The third-order valence-electron chi connectivity index (χ3n) is 3.30. The van der Waals surface area contributed by atoms with Gasteiger partial charge in [-0.1, -0.05) is 24.2 Å². The fourth-order valence-electron chi connectivity index (χ4n) is 2.00. The highest BCUT2D eigenvalue weighted by Crippen LogP contribution is 2.29. The van der Waals surface area contributed by atoms with E-state index in [1.54, 1.807) is 27.7 Å². The lowest BCUT2D eigenvalue weighted by Gasteiger charge is -2.21. The minimum atomic E-state index is -4.43. The van der Waals surface area contributed by atoms with Gasteiger partial charge in [-0.05, 0) is 44.9 Å². The molecule has 0 bridgehead atoms. The van der Waals surface area contributed by atoms with Gasteiger partial charge < -0.3 is 20.6 Å². The van der Waals surface area contributed by atoms with Gasteiger partial charge in [0.05, 0.1) is 5.56 Å². The topological polar surface area (TPSA) is 103 Å². The number of benzene rings is 1. The second kappa shape index (κ2) is 9.43. The molecular formula is C18H24F3N3O4. The number of alkyl halides is 3. The number of hydrogen-bond donors (Lipinski definition) is 2. The minimum absolute atomic E-state index is 0.0122. The number of rotatable bonds is 6. The summed E-state index contributed by atoms with van der Waals surface area (Å²) < 4.78 is 42.7. The maximum absolute atomic E-state index is 12.5. The van der Waals surface area contributed by atoms with E-state index in [-0.39, 0.29) is 18.7 Å². The molecule has 0 aromatic heterocycles. The Balaban J connectivity index is 2.62. The van der Waals surface area contributed by atoms with E-state index in [9.17, 15) is 22.8 Å². The normalized spacial score (nSPS) is 13.6. The summed E-state index contributed by atoms with van der Waals surface area (Å²) in [5, 5.41) is 5.84. The van der Waals surface area contributed by atoms with E-state index in [1.807, 2.05) is 0 Å². The fourth-order valence-corrected chi connectivity index (χ4v) is 2.00. The number of amides is 1. The van der Waals surface area contributed by atoms with Crippen LogP contribution in [0.4, 0.5) is 18.0 Å². The summed E-state index contributed by atoms with van der Waals surface area (Å²) in [5.74, 6) is -0.955. The number of nitrogens with zero attached hydrogens (tertiary/aromatic N) is 1. The molecule has 1 aromatic carbocycles. The van der Waals surface area contributed by atoms with E-state index < -0.39 is 35.4 Å². The smallest absolute Gasteiger partial charge is 0.416 e. The van der Waals surface area contributed by atoms with Gasteiger partial charge in [-0.2, -0.15) is 13.2 Å². The van der Waals surface area contributed by atoms with Gasteiger partial charge in [-0.15, -0.1) is 0 Å². The molecule has 156 valence electrons. The van der Waals surface area contributed by atoms with E-state index in [0.717, 1.165) is 12.1 Å². The minimum Gasteiger partial charge on any atom is -0.444 e. The highest BCUT2D eigenvalue weighted by atomic mass is 19.4. The van der Waals surface area contributed by atoms with Crippen LogP contribution in [-0.2, 0) is 27.0 Å². The number of amidine groups is 1. The van der Waals surface area contributed by atoms with Crippen molar-refractivity contribution in [1.82, 2.24) is 5.32 Å². The Bertz CT molecular complexity index is 710. The van der Waals surface area contributed by atoms with Crippen LogP contribution in [0.1, 0.15) is 45.2 Å². The van der Waals surface area contributed by atoms with Gasteiger partial charge in [0.25, 0.3) is 0 Å². The lowest BCUT2D eigenvalue weighted by molar-refractivity contribution is -0.146. The van der Waals surface area contributed by atoms with Gasteiger partial charge in [0.1, 0.15) is 17.5 Å². The van der Waals surface area contributed by atoms with E-state index in [2.05, 4.69) is 10.5 Å². The second-order valence-corrected chi connectivity index (χ2v) is 6.97. The standard InChI is InChI=1S/C18H24F3N3O4/c1-5-13(23-16(26)27-17(2,3)4)15(25)28-24-14(22)10-11-6-8-12(9-7-11)18(19,20)21/h6-9,13H,5,10H2,1-4H3,(H2,22,24)(H,23,26)/t13-/m0/s1. The van der Waals surface area contributed by atoms with Crippen molar-refractivity contribution in [2.24, 2.45) is 10.9 Å². The van der Waals surface area contributed by atoms with Crippen LogP contribution in [0.25, 0.3) is 0 Å². The lowest BCUT2D eigenvalue weighted by atomic mass is 10.1. The van der Waals surface area contributed by atoms with Gasteiger partial charge in [0.2, 0.25) is 0 Å². The van der Waals surface area contributed by atoms with Crippen molar-refractivity contribution in [3.63, 3.8) is 0 Å². The molecule has 0 aliphatic heterocycles. The third-order valence-corrected chi connectivity index (χ3v) is 3.30. The average molecular weight is 403 g/mol. The highest BCUT2D eigenvalue weighted by Gasteiger charge is 2.30. The summed E-state index contributed by atoms with van der Waals surface area (Å²) in [4.78, 5) is 28.4. The third kappa shape index (κ3) is 8.28. The van der Waals surface area contributed by atoms with Crippen LogP contribution < -0.4 is 11.1 Å². The van der Waals surface area contributed by atoms with Crippen LogP contribution in [0.5, 0.6) is 0 Å². The zero-order valence-electron chi connectivity index (χ0n) is 16.1. The summed E-state index contributed by atoms with van der Waals surface area (Å²) >= 11 is 0. The predicted octanol–water partition coefficient (Wildman–Crippen LogP) is 3.37. The number of alkyl carbamates (subject to hydrolysis) is 1. The van der Waals surface area contributed by atoms with Crippen LogP contribution in [0.15, 0.2) is 29.4 Å². The van der Waals surface area contributed by atoms with Crippen LogP contribution in [-0.4, -0.2) is 29.5 Å². The molecule has 0 heterocycles. The molecule has 0 saturated heterocycles. The Kier molecular flexibility index (Phi) is 7.83. The largest absolute Gasteiger partial charge is 0.444 e. The van der Waals surface area contributed by atoms with Crippen molar-refractivity contribution in [3.8, 4) is 0 Å². The SMILES string of the molecule is CC[C@H](NC(=O)OC(C)(C)C)C(=O)O/N=C(\N)Cc1ccc(C(F)(F)F)cc1.